The van der Waals surface area contributed by atoms with Crippen LogP contribution in [-0.2, 0) is 6.54 Å². The van der Waals surface area contributed by atoms with Crippen LogP contribution < -0.4 is 5.32 Å². The molecule has 0 saturated carbocycles. The van der Waals surface area contributed by atoms with Crippen molar-refractivity contribution in [3.05, 3.63) is 47.8 Å². The standard InChI is InChI=1S/C14H19N3/c1-11(2)13-8-9-17(16-13)14-7-5-4-6-12(14)10-15-3/h4-9,11,15H,10H2,1-3H3. The van der Waals surface area contributed by atoms with E-state index >= 15 is 0 Å². The van der Waals surface area contributed by atoms with Crippen molar-refractivity contribution in [1.82, 2.24) is 15.1 Å². The molecule has 17 heavy (non-hydrogen) atoms. The summed E-state index contributed by atoms with van der Waals surface area (Å²) in [5.41, 5.74) is 3.53. The van der Waals surface area contributed by atoms with Crippen molar-refractivity contribution in [3.8, 4) is 5.69 Å². The monoisotopic (exact) mass is 229 g/mol. The van der Waals surface area contributed by atoms with E-state index in [9.17, 15) is 0 Å². The van der Waals surface area contributed by atoms with Crippen molar-refractivity contribution in [1.29, 1.82) is 0 Å². The summed E-state index contributed by atoms with van der Waals surface area (Å²) in [6, 6.07) is 10.4. The minimum atomic E-state index is 0.465. The Bertz CT molecular complexity index is 486. The fourth-order valence-corrected chi connectivity index (χ4v) is 1.85. The van der Waals surface area contributed by atoms with Crippen LogP contribution in [-0.4, -0.2) is 16.8 Å². The van der Waals surface area contributed by atoms with Gasteiger partial charge in [0, 0.05) is 12.7 Å². The molecule has 0 atom stereocenters. The zero-order valence-corrected chi connectivity index (χ0v) is 10.6. The highest BCUT2D eigenvalue weighted by atomic mass is 15.3. The number of aromatic nitrogens is 2. The lowest BCUT2D eigenvalue weighted by molar-refractivity contribution is 0.751. The minimum absolute atomic E-state index is 0.465. The highest BCUT2D eigenvalue weighted by Gasteiger charge is 2.07. The molecular weight excluding hydrogens is 210 g/mol. The predicted octanol–water partition coefficient (Wildman–Crippen LogP) is 2.72. The van der Waals surface area contributed by atoms with E-state index in [1.54, 1.807) is 0 Å². The third kappa shape index (κ3) is 2.56. The van der Waals surface area contributed by atoms with E-state index in [2.05, 4.69) is 48.5 Å². The maximum atomic E-state index is 4.61. The molecule has 0 radical (unpaired) electrons. The number of rotatable bonds is 4. The third-order valence-electron chi connectivity index (χ3n) is 2.81. The first-order valence-electron chi connectivity index (χ1n) is 6.01. The van der Waals surface area contributed by atoms with E-state index in [1.807, 2.05) is 24.0 Å². The van der Waals surface area contributed by atoms with Crippen LogP contribution in [0.3, 0.4) is 0 Å². The van der Waals surface area contributed by atoms with Gasteiger partial charge in [-0.2, -0.15) is 5.10 Å². The van der Waals surface area contributed by atoms with E-state index in [0.717, 1.165) is 17.9 Å². The molecule has 0 amide bonds. The Kier molecular flexibility index (Phi) is 3.59. The van der Waals surface area contributed by atoms with Crippen molar-refractivity contribution in [2.45, 2.75) is 26.3 Å². The SMILES string of the molecule is CNCc1ccccc1-n1ccc(C(C)C)n1. The van der Waals surface area contributed by atoms with Crippen LogP contribution in [0.2, 0.25) is 0 Å². The van der Waals surface area contributed by atoms with Crippen LogP contribution in [0, 0.1) is 0 Å². The molecule has 0 aliphatic heterocycles. The van der Waals surface area contributed by atoms with Crippen LogP contribution in [0.4, 0.5) is 0 Å². The number of para-hydroxylation sites is 1. The van der Waals surface area contributed by atoms with Gasteiger partial charge in [0.15, 0.2) is 0 Å². The van der Waals surface area contributed by atoms with Crippen LogP contribution in [0.15, 0.2) is 36.5 Å². The molecule has 0 bridgehead atoms. The number of nitrogens with one attached hydrogen (secondary N) is 1. The zero-order valence-electron chi connectivity index (χ0n) is 10.6. The molecule has 90 valence electrons. The Hall–Kier alpha value is -1.61. The van der Waals surface area contributed by atoms with Gasteiger partial charge in [-0.05, 0) is 30.7 Å². The Morgan fingerprint density at radius 2 is 2.00 bits per heavy atom. The fourth-order valence-electron chi connectivity index (χ4n) is 1.85. The first-order valence-corrected chi connectivity index (χ1v) is 6.01. The van der Waals surface area contributed by atoms with Gasteiger partial charge in [-0.25, -0.2) is 4.68 Å². The summed E-state index contributed by atoms with van der Waals surface area (Å²) in [7, 11) is 1.96. The molecule has 0 saturated heterocycles. The molecule has 3 heteroatoms. The summed E-state index contributed by atoms with van der Waals surface area (Å²) in [6.45, 7) is 5.17. The summed E-state index contributed by atoms with van der Waals surface area (Å²) in [6.07, 6.45) is 2.03. The predicted molar refractivity (Wildman–Crippen MR) is 70.4 cm³/mol. The van der Waals surface area contributed by atoms with Crippen molar-refractivity contribution in [2.75, 3.05) is 7.05 Å². The van der Waals surface area contributed by atoms with Gasteiger partial charge in [-0.1, -0.05) is 32.0 Å². The van der Waals surface area contributed by atoms with Gasteiger partial charge in [0.05, 0.1) is 11.4 Å². The molecule has 2 rings (SSSR count). The van der Waals surface area contributed by atoms with Crippen LogP contribution in [0.25, 0.3) is 5.69 Å². The number of nitrogens with zero attached hydrogens (tertiary/aromatic N) is 2. The Balaban J connectivity index is 2.38. The molecule has 0 aliphatic rings. The van der Waals surface area contributed by atoms with Gasteiger partial charge in [0.1, 0.15) is 0 Å². The molecule has 1 aromatic carbocycles. The Morgan fingerprint density at radius 1 is 1.24 bits per heavy atom. The van der Waals surface area contributed by atoms with Gasteiger partial charge in [0.2, 0.25) is 0 Å². The first-order chi connectivity index (χ1) is 8.22. The largest absolute Gasteiger partial charge is 0.316 e. The quantitative estimate of drug-likeness (QED) is 0.873. The van der Waals surface area contributed by atoms with Crippen molar-refractivity contribution in [3.63, 3.8) is 0 Å². The summed E-state index contributed by atoms with van der Waals surface area (Å²) in [5.74, 6) is 0.465. The van der Waals surface area contributed by atoms with E-state index in [0.29, 0.717) is 5.92 Å². The van der Waals surface area contributed by atoms with E-state index in [1.165, 1.54) is 5.56 Å². The van der Waals surface area contributed by atoms with Crippen LogP contribution in [0.1, 0.15) is 31.0 Å². The maximum Gasteiger partial charge on any atom is 0.0690 e. The highest BCUT2D eigenvalue weighted by molar-refractivity contribution is 5.40. The summed E-state index contributed by atoms with van der Waals surface area (Å²) >= 11 is 0. The summed E-state index contributed by atoms with van der Waals surface area (Å²) in [4.78, 5) is 0. The molecule has 0 unspecified atom stereocenters. The molecule has 0 aliphatic carbocycles. The molecule has 0 spiro atoms. The molecule has 1 N–H and O–H groups in total. The lowest BCUT2D eigenvalue weighted by atomic mass is 10.1. The average molecular weight is 229 g/mol. The first kappa shape index (κ1) is 11.9. The van der Waals surface area contributed by atoms with Crippen molar-refractivity contribution >= 4 is 0 Å². The van der Waals surface area contributed by atoms with Gasteiger partial charge in [-0.3, -0.25) is 0 Å². The van der Waals surface area contributed by atoms with E-state index in [4.69, 9.17) is 0 Å². The lowest BCUT2D eigenvalue weighted by Crippen LogP contribution is -2.09. The second kappa shape index (κ2) is 5.15. The van der Waals surface area contributed by atoms with Crippen molar-refractivity contribution < 1.29 is 0 Å². The van der Waals surface area contributed by atoms with E-state index < -0.39 is 0 Å². The molecule has 3 nitrogen and oxygen atoms in total. The topological polar surface area (TPSA) is 29.9 Å². The van der Waals surface area contributed by atoms with E-state index in [-0.39, 0.29) is 0 Å². The molecule has 1 aromatic heterocycles. The van der Waals surface area contributed by atoms with Gasteiger partial charge < -0.3 is 5.32 Å². The zero-order chi connectivity index (χ0) is 12.3. The van der Waals surface area contributed by atoms with Gasteiger partial charge in [0.25, 0.3) is 0 Å². The normalized spacial score (nSPS) is 11.1. The second-order valence-electron chi connectivity index (χ2n) is 4.50. The van der Waals surface area contributed by atoms with Crippen LogP contribution in [0.5, 0.6) is 0 Å². The van der Waals surface area contributed by atoms with Crippen LogP contribution >= 0.6 is 0 Å². The van der Waals surface area contributed by atoms with Crippen molar-refractivity contribution in [2.24, 2.45) is 0 Å². The smallest absolute Gasteiger partial charge is 0.0690 e. The molecule has 0 fully saturated rings. The molecule has 1 heterocycles. The number of hydrogen-bond donors (Lipinski definition) is 1. The van der Waals surface area contributed by atoms with Gasteiger partial charge >= 0.3 is 0 Å². The van der Waals surface area contributed by atoms with Gasteiger partial charge in [-0.15, -0.1) is 0 Å². The molecular formula is C14H19N3. The second-order valence-corrected chi connectivity index (χ2v) is 4.50. The maximum absolute atomic E-state index is 4.61. The summed E-state index contributed by atoms with van der Waals surface area (Å²) < 4.78 is 1.96. The Labute approximate surface area is 102 Å². The third-order valence-corrected chi connectivity index (χ3v) is 2.81. The minimum Gasteiger partial charge on any atom is -0.316 e. The number of hydrogen-bond acceptors (Lipinski definition) is 2. The highest BCUT2D eigenvalue weighted by Crippen LogP contribution is 2.17. The Morgan fingerprint density at radius 3 is 2.65 bits per heavy atom. The molecule has 2 aromatic rings. The average Bonchev–Trinajstić information content (AvgIpc) is 2.79. The lowest BCUT2D eigenvalue weighted by Gasteiger charge is -2.09. The summed E-state index contributed by atoms with van der Waals surface area (Å²) in [5, 5.41) is 7.79. The number of benzene rings is 1. The fraction of sp³-hybridized carbons (Fsp3) is 0.357.